The van der Waals surface area contributed by atoms with Gasteiger partial charge < -0.3 is 5.11 Å². The molecule has 1 atom stereocenters. The largest absolute Gasteiger partial charge is 0.480 e. The molecule has 1 unspecified atom stereocenters. The standard InChI is InChI=1S/C13H18FNO2/c1-4-12(13(16)17)15(3)8-10-5-6-11(14)9(2)7-10/h5-7,12H,4,8H2,1-3H3,(H,16,17). The van der Waals surface area contributed by atoms with E-state index in [-0.39, 0.29) is 5.82 Å². The molecule has 0 saturated heterocycles. The summed E-state index contributed by atoms with van der Waals surface area (Å²) in [6.45, 7) is 4.05. The van der Waals surface area contributed by atoms with Crippen molar-refractivity contribution in [2.45, 2.75) is 32.9 Å². The third-order valence-corrected chi connectivity index (χ3v) is 2.86. The van der Waals surface area contributed by atoms with E-state index in [4.69, 9.17) is 5.11 Å². The van der Waals surface area contributed by atoms with E-state index in [1.165, 1.54) is 6.07 Å². The average molecular weight is 239 g/mol. The summed E-state index contributed by atoms with van der Waals surface area (Å²) in [7, 11) is 1.76. The molecule has 17 heavy (non-hydrogen) atoms. The van der Waals surface area contributed by atoms with Crippen LogP contribution >= 0.6 is 0 Å². The van der Waals surface area contributed by atoms with Crippen LogP contribution in [0.4, 0.5) is 4.39 Å². The molecule has 0 aliphatic heterocycles. The zero-order valence-electron chi connectivity index (χ0n) is 10.4. The van der Waals surface area contributed by atoms with Crippen LogP contribution in [0.2, 0.25) is 0 Å². The maximum atomic E-state index is 13.1. The molecule has 1 N–H and O–H groups in total. The summed E-state index contributed by atoms with van der Waals surface area (Å²) in [4.78, 5) is 12.7. The Morgan fingerprint density at radius 3 is 2.65 bits per heavy atom. The molecule has 1 aromatic rings. The number of rotatable bonds is 5. The van der Waals surface area contributed by atoms with E-state index in [1.54, 1.807) is 31.0 Å². The van der Waals surface area contributed by atoms with Gasteiger partial charge in [-0.25, -0.2) is 4.39 Å². The van der Waals surface area contributed by atoms with Gasteiger partial charge in [0, 0.05) is 6.54 Å². The van der Waals surface area contributed by atoms with Crippen molar-refractivity contribution in [1.82, 2.24) is 4.90 Å². The van der Waals surface area contributed by atoms with Crippen molar-refractivity contribution in [1.29, 1.82) is 0 Å². The Labute approximate surface area is 101 Å². The zero-order chi connectivity index (χ0) is 13.0. The van der Waals surface area contributed by atoms with Gasteiger partial charge in [-0.15, -0.1) is 0 Å². The van der Waals surface area contributed by atoms with Crippen LogP contribution in [0.5, 0.6) is 0 Å². The molecule has 0 amide bonds. The van der Waals surface area contributed by atoms with Gasteiger partial charge in [0.05, 0.1) is 0 Å². The molecule has 1 rings (SSSR count). The summed E-state index contributed by atoms with van der Waals surface area (Å²) in [5.41, 5.74) is 1.50. The lowest BCUT2D eigenvalue weighted by Crippen LogP contribution is -2.37. The van der Waals surface area contributed by atoms with Crippen molar-refractivity contribution in [3.8, 4) is 0 Å². The molecule has 0 radical (unpaired) electrons. The van der Waals surface area contributed by atoms with Crippen LogP contribution < -0.4 is 0 Å². The summed E-state index contributed by atoms with van der Waals surface area (Å²) in [5, 5.41) is 9.02. The minimum absolute atomic E-state index is 0.235. The van der Waals surface area contributed by atoms with E-state index in [1.807, 2.05) is 6.92 Å². The van der Waals surface area contributed by atoms with Gasteiger partial charge in [-0.3, -0.25) is 9.69 Å². The molecule has 0 saturated carbocycles. The van der Waals surface area contributed by atoms with Gasteiger partial charge in [-0.2, -0.15) is 0 Å². The Morgan fingerprint density at radius 1 is 1.53 bits per heavy atom. The first-order valence-electron chi connectivity index (χ1n) is 5.63. The molecule has 3 nitrogen and oxygen atoms in total. The predicted octanol–water partition coefficient (Wildman–Crippen LogP) is 2.43. The normalized spacial score (nSPS) is 12.8. The fourth-order valence-electron chi connectivity index (χ4n) is 1.88. The van der Waals surface area contributed by atoms with Gasteiger partial charge in [0.1, 0.15) is 11.9 Å². The maximum Gasteiger partial charge on any atom is 0.320 e. The lowest BCUT2D eigenvalue weighted by atomic mass is 10.1. The zero-order valence-corrected chi connectivity index (χ0v) is 10.4. The first kappa shape index (κ1) is 13.6. The van der Waals surface area contributed by atoms with Crippen molar-refractivity contribution in [2.24, 2.45) is 0 Å². The molecule has 0 bridgehead atoms. The SMILES string of the molecule is CCC(C(=O)O)N(C)Cc1ccc(F)c(C)c1. The predicted molar refractivity (Wildman–Crippen MR) is 64.3 cm³/mol. The first-order chi connectivity index (χ1) is 7.95. The summed E-state index contributed by atoms with van der Waals surface area (Å²) in [5.74, 6) is -1.06. The van der Waals surface area contributed by atoms with Gasteiger partial charge in [0.2, 0.25) is 0 Å². The monoisotopic (exact) mass is 239 g/mol. The van der Waals surface area contributed by atoms with E-state index in [2.05, 4.69) is 0 Å². The quantitative estimate of drug-likeness (QED) is 0.858. The third-order valence-electron chi connectivity index (χ3n) is 2.86. The maximum absolute atomic E-state index is 13.1. The van der Waals surface area contributed by atoms with Crippen molar-refractivity contribution in [3.63, 3.8) is 0 Å². The molecule has 94 valence electrons. The van der Waals surface area contributed by atoms with Gasteiger partial charge in [-0.1, -0.05) is 19.1 Å². The number of likely N-dealkylation sites (N-methyl/N-ethyl adjacent to an activating group) is 1. The van der Waals surface area contributed by atoms with E-state index >= 15 is 0 Å². The molecule has 0 fully saturated rings. The molecule has 0 aromatic heterocycles. The summed E-state index contributed by atoms with van der Waals surface area (Å²) in [6, 6.07) is 4.36. The first-order valence-corrected chi connectivity index (χ1v) is 5.63. The number of hydrogen-bond donors (Lipinski definition) is 1. The molecule has 4 heteroatoms. The Balaban J connectivity index is 2.76. The number of nitrogens with zero attached hydrogens (tertiary/aromatic N) is 1. The fraction of sp³-hybridized carbons (Fsp3) is 0.462. The minimum Gasteiger partial charge on any atom is -0.480 e. The van der Waals surface area contributed by atoms with Gasteiger partial charge >= 0.3 is 5.97 Å². The van der Waals surface area contributed by atoms with Gasteiger partial charge in [0.15, 0.2) is 0 Å². The average Bonchev–Trinajstić information content (AvgIpc) is 2.24. The number of carboxylic acid groups (broad SMARTS) is 1. The number of benzene rings is 1. The summed E-state index contributed by atoms with van der Waals surface area (Å²) >= 11 is 0. The summed E-state index contributed by atoms with van der Waals surface area (Å²) < 4.78 is 13.1. The van der Waals surface area contributed by atoms with Crippen LogP contribution in [0.25, 0.3) is 0 Å². The Kier molecular flexibility index (Phi) is 4.63. The highest BCUT2D eigenvalue weighted by atomic mass is 19.1. The van der Waals surface area contributed by atoms with E-state index in [9.17, 15) is 9.18 Å². The number of halogens is 1. The molecular weight excluding hydrogens is 221 g/mol. The van der Waals surface area contributed by atoms with E-state index in [0.29, 0.717) is 18.5 Å². The Morgan fingerprint density at radius 2 is 2.18 bits per heavy atom. The Bertz CT molecular complexity index is 406. The molecule has 0 heterocycles. The van der Waals surface area contributed by atoms with Gasteiger partial charge in [0.25, 0.3) is 0 Å². The second-order valence-electron chi connectivity index (χ2n) is 4.26. The molecule has 0 aliphatic rings. The van der Waals surface area contributed by atoms with E-state index in [0.717, 1.165) is 5.56 Å². The smallest absolute Gasteiger partial charge is 0.320 e. The number of carboxylic acids is 1. The second-order valence-corrected chi connectivity index (χ2v) is 4.26. The Hall–Kier alpha value is -1.42. The lowest BCUT2D eigenvalue weighted by Gasteiger charge is -2.23. The summed E-state index contributed by atoms with van der Waals surface area (Å²) in [6.07, 6.45) is 0.548. The highest BCUT2D eigenvalue weighted by molar-refractivity contribution is 5.73. The molecular formula is C13H18FNO2. The van der Waals surface area contributed by atoms with Crippen molar-refractivity contribution < 1.29 is 14.3 Å². The highest BCUT2D eigenvalue weighted by Gasteiger charge is 2.20. The number of hydrogen-bond acceptors (Lipinski definition) is 2. The van der Waals surface area contributed by atoms with E-state index < -0.39 is 12.0 Å². The van der Waals surface area contributed by atoms with Crippen LogP contribution in [-0.2, 0) is 11.3 Å². The van der Waals surface area contributed by atoms with Crippen molar-refractivity contribution >= 4 is 5.97 Å². The lowest BCUT2D eigenvalue weighted by molar-refractivity contribution is -0.143. The van der Waals surface area contributed by atoms with Crippen LogP contribution in [0.1, 0.15) is 24.5 Å². The topological polar surface area (TPSA) is 40.5 Å². The van der Waals surface area contributed by atoms with Crippen LogP contribution in [-0.4, -0.2) is 29.1 Å². The van der Waals surface area contributed by atoms with Crippen molar-refractivity contribution in [2.75, 3.05) is 7.05 Å². The number of aryl methyl sites for hydroxylation is 1. The minimum atomic E-state index is -0.825. The third kappa shape index (κ3) is 3.53. The number of carbonyl (C=O) groups is 1. The molecule has 0 spiro atoms. The van der Waals surface area contributed by atoms with Crippen LogP contribution in [0, 0.1) is 12.7 Å². The molecule has 1 aromatic carbocycles. The molecule has 0 aliphatic carbocycles. The number of aliphatic carboxylic acids is 1. The highest BCUT2D eigenvalue weighted by Crippen LogP contribution is 2.13. The second kappa shape index (κ2) is 5.77. The fourth-order valence-corrected chi connectivity index (χ4v) is 1.88. The van der Waals surface area contributed by atoms with Crippen LogP contribution in [0.15, 0.2) is 18.2 Å². The van der Waals surface area contributed by atoms with Crippen molar-refractivity contribution in [3.05, 3.63) is 35.1 Å². The van der Waals surface area contributed by atoms with Gasteiger partial charge in [-0.05, 0) is 37.6 Å². The van der Waals surface area contributed by atoms with Crippen LogP contribution in [0.3, 0.4) is 0 Å².